The molecule has 1 fully saturated rings. The summed E-state index contributed by atoms with van der Waals surface area (Å²) in [7, 11) is 3.76. The van der Waals surface area contributed by atoms with Gasteiger partial charge in [-0.25, -0.2) is 4.98 Å². The van der Waals surface area contributed by atoms with Gasteiger partial charge >= 0.3 is 0 Å². The second-order valence-corrected chi connectivity index (χ2v) is 8.57. The van der Waals surface area contributed by atoms with Crippen LogP contribution in [0.1, 0.15) is 37.3 Å². The molecule has 4 rings (SSSR count). The molecule has 8 heteroatoms. The van der Waals surface area contributed by atoms with Crippen LogP contribution >= 0.6 is 0 Å². The first kappa shape index (κ1) is 22.4. The molecule has 0 radical (unpaired) electrons. The van der Waals surface area contributed by atoms with Crippen molar-refractivity contribution in [2.45, 2.75) is 45.3 Å². The van der Waals surface area contributed by atoms with Crippen molar-refractivity contribution in [3.8, 4) is 5.75 Å². The average molecular weight is 438 g/mol. The van der Waals surface area contributed by atoms with Crippen molar-refractivity contribution in [3.05, 3.63) is 41.6 Å². The minimum Gasteiger partial charge on any atom is -0.496 e. The number of hydrogen-bond acceptors (Lipinski definition) is 7. The molecule has 2 aromatic heterocycles. The first-order valence-corrected chi connectivity index (χ1v) is 11.5. The van der Waals surface area contributed by atoms with Crippen molar-refractivity contribution in [2.24, 2.45) is 0 Å². The summed E-state index contributed by atoms with van der Waals surface area (Å²) < 4.78 is 7.92. The van der Waals surface area contributed by atoms with E-state index in [0.717, 1.165) is 60.8 Å². The highest BCUT2D eigenvalue weighted by molar-refractivity contribution is 5.87. The van der Waals surface area contributed by atoms with Crippen LogP contribution in [-0.2, 0) is 13.1 Å². The zero-order chi connectivity index (χ0) is 22.5. The lowest BCUT2D eigenvalue weighted by Crippen LogP contribution is -2.56. The number of rotatable bonds is 11. The predicted octanol–water partition coefficient (Wildman–Crippen LogP) is 3.08. The number of methoxy groups -OCH3 is 1. The summed E-state index contributed by atoms with van der Waals surface area (Å²) in [6.07, 6.45) is 5.52. The number of unbranched alkanes of at least 4 members (excludes halogenated alkanes) is 2. The van der Waals surface area contributed by atoms with Gasteiger partial charge in [0.2, 0.25) is 5.95 Å². The number of fused-ring (bicyclic) bond motifs is 1. The van der Waals surface area contributed by atoms with Gasteiger partial charge in [0.25, 0.3) is 0 Å². The Bertz CT molecular complexity index is 1040. The normalized spacial score (nSPS) is 14.6. The number of nitrogens with two attached hydrogens (primary N) is 1. The molecule has 172 valence electrons. The zero-order valence-corrected chi connectivity index (χ0v) is 19.4. The smallest absolute Gasteiger partial charge is 0.222 e. The first-order chi connectivity index (χ1) is 15.6. The predicted molar refractivity (Wildman–Crippen MR) is 130 cm³/mol. The molecular formula is C24H35N7O. The largest absolute Gasteiger partial charge is 0.496 e. The van der Waals surface area contributed by atoms with Gasteiger partial charge in [-0.05, 0) is 31.2 Å². The van der Waals surface area contributed by atoms with Crippen molar-refractivity contribution in [3.63, 3.8) is 0 Å². The summed E-state index contributed by atoms with van der Waals surface area (Å²) in [5.41, 5.74) is 10.2. The summed E-state index contributed by atoms with van der Waals surface area (Å²) in [4.78, 5) is 11.3. The fourth-order valence-electron chi connectivity index (χ4n) is 4.30. The molecule has 0 unspecified atom stereocenters. The Balaban J connectivity index is 1.53. The summed E-state index contributed by atoms with van der Waals surface area (Å²) in [6, 6.07) is 9.13. The minimum absolute atomic E-state index is 0.293. The van der Waals surface area contributed by atoms with Crippen LogP contribution in [0.2, 0.25) is 0 Å². The number of anilines is 2. The zero-order valence-electron chi connectivity index (χ0n) is 19.4. The number of aromatic nitrogens is 3. The van der Waals surface area contributed by atoms with Crippen LogP contribution in [0.3, 0.4) is 0 Å². The van der Waals surface area contributed by atoms with Gasteiger partial charge in [0, 0.05) is 44.0 Å². The van der Waals surface area contributed by atoms with E-state index in [1.165, 1.54) is 18.4 Å². The van der Waals surface area contributed by atoms with E-state index in [9.17, 15) is 0 Å². The third-order valence-corrected chi connectivity index (χ3v) is 6.16. The van der Waals surface area contributed by atoms with Crippen molar-refractivity contribution >= 4 is 22.8 Å². The Morgan fingerprint density at radius 2 is 2.00 bits per heavy atom. The number of likely N-dealkylation sites (N-methyl/N-ethyl adjacent to an activating group) is 1. The number of nitrogen functional groups attached to an aromatic ring is 1. The maximum absolute atomic E-state index is 5.95. The van der Waals surface area contributed by atoms with Crippen molar-refractivity contribution in [1.29, 1.82) is 0 Å². The molecule has 0 saturated carbocycles. The minimum atomic E-state index is 0.293. The third kappa shape index (κ3) is 4.97. The van der Waals surface area contributed by atoms with Crippen LogP contribution in [0.25, 0.3) is 11.0 Å². The third-order valence-electron chi connectivity index (χ3n) is 6.16. The van der Waals surface area contributed by atoms with Gasteiger partial charge < -0.3 is 25.7 Å². The Morgan fingerprint density at radius 1 is 1.16 bits per heavy atom. The van der Waals surface area contributed by atoms with Gasteiger partial charge in [0.15, 0.2) is 5.82 Å². The molecule has 0 bridgehead atoms. The number of benzene rings is 1. The first-order valence-electron chi connectivity index (χ1n) is 11.5. The molecule has 1 aromatic carbocycles. The lowest BCUT2D eigenvalue weighted by molar-refractivity contribution is 0.124. The maximum atomic E-state index is 5.95. The van der Waals surface area contributed by atoms with Crippen LogP contribution in [0, 0.1) is 0 Å². The highest BCUT2D eigenvalue weighted by Crippen LogP contribution is 2.27. The van der Waals surface area contributed by atoms with E-state index in [-0.39, 0.29) is 0 Å². The van der Waals surface area contributed by atoms with E-state index in [4.69, 9.17) is 10.5 Å². The number of likely N-dealkylation sites (tertiary alicyclic amines) is 1. The monoisotopic (exact) mass is 437 g/mol. The molecule has 1 saturated heterocycles. The topological polar surface area (TPSA) is 93.3 Å². The highest BCUT2D eigenvalue weighted by atomic mass is 16.5. The summed E-state index contributed by atoms with van der Waals surface area (Å²) in [5.74, 6) is 1.99. The number of nitrogens with one attached hydrogen (secondary N) is 2. The molecule has 0 spiro atoms. The van der Waals surface area contributed by atoms with E-state index < -0.39 is 0 Å². The summed E-state index contributed by atoms with van der Waals surface area (Å²) in [6.45, 7) is 6.87. The van der Waals surface area contributed by atoms with Gasteiger partial charge in [-0.1, -0.05) is 31.9 Å². The van der Waals surface area contributed by atoms with Crippen molar-refractivity contribution in [2.75, 3.05) is 44.8 Å². The second-order valence-electron chi connectivity index (χ2n) is 8.57. The van der Waals surface area contributed by atoms with Crippen LogP contribution in [0.4, 0.5) is 11.8 Å². The Labute approximate surface area is 190 Å². The van der Waals surface area contributed by atoms with Crippen LogP contribution in [0.15, 0.2) is 30.5 Å². The lowest BCUT2D eigenvalue weighted by atomic mass is 10.1. The van der Waals surface area contributed by atoms with Crippen molar-refractivity contribution in [1.82, 2.24) is 24.8 Å². The molecule has 3 aromatic rings. The molecule has 0 amide bonds. The van der Waals surface area contributed by atoms with E-state index in [2.05, 4.69) is 55.2 Å². The van der Waals surface area contributed by atoms with Crippen LogP contribution in [0.5, 0.6) is 5.75 Å². The van der Waals surface area contributed by atoms with Gasteiger partial charge in [-0.2, -0.15) is 4.98 Å². The Morgan fingerprint density at radius 3 is 2.75 bits per heavy atom. The standard InChI is InChI=1S/C24H35N7O/c1-4-5-6-10-27-23-22-20(28-24(25)29-23)9-11-31(22)14-18-8-7-17(12-21(18)32-3)13-30-15-19(16-30)26-2/h7-9,11-12,19,26H,4-6,10,13-16H2,1-3H3,(H3,25,27,28,29). The van der Waals surface area contributed by atoms with Crippen LogP contribution < -0.4 is 21.1 Å². The fraction of sp³-hybridized carbons (Fsp3) is 0.500. The number of ether oxygens (including phenoxy) is 1. The molecule has 3 heterocycles. The Hall–Kier alpha value is -2.84. The SMILES string of the molecule is CCCCCNc1nc(N)nc2ccn(Cc3ccc(CN4CC(NC)C4)cc3OC)c12. The van der Waals surface area contributed by atoms with Gasteiger partial charge in [0.1, 0.15) is 11.3 Å². The lowest BCUT2D eigenvalue weighted by Gasteiger charge is -2.39. The van der Waals surface area contributed by atoms with Gasteiger partial charge in [-0.3, -0.25) is 4.90 Å². The van der Waals surface area contributed by atoms with Crippen molar-refractivity contribution < 1.29 is 4.74 Å². The summed E-state index contributed by atoms with van der Waals surface area (Å²) in [5, 5.41) is 6.78. The van der Waals surface area contributed by atoms with Crippen LogP contribution in [-0.4, -0.2) is 59.3 Å². The second kappa shape index (κ2) is 10.2. The van der Waals surface area contributed by atoms with E-state index >= 15 is 0 Å². The Kier molecular flexibility index (Phi) is 7.12. The fourth-order valence-corrected chi connectivity index (χ4v) is 4.30. The molecule has 1 aliphatic rings. The van der Waals surface area contributed by atoms with Gasteiger partial charge in [-0.15, -0.1) is 0 Å². The molecule has 32 heavy (non-hydrogen) atoms. The van der Waals surface area contributed by atoms with E-state index in [0.29, 0.717) is 18.5 Å². The van der Waals surface area contributed by atoms with E-state index in [1.807, 2.05) is 19.3 Å². The molecular weight excluding hydrogens is 402 g/mol. The molecule has 8 nitrogen and oxygen atoms in total. The molecule has 1 aliphatic heterocycles. The highest BCUT2D eigenvalue weighted by Gasteiger charge is 2.25. The maximum Gasteiger partial charge on any atom is 0.222 e. The summed E-state index contributed by atoms with van der Waals surface area (Å²) >= 11 is 0. The molecule has 0 aliphatic carbocycles. The average Bonchev–Trinajstić information content (AvgIpc) is 3.16. The number of hydrogen-bond donors (Lipinski definition) is 3. The molecule has 4 N–H and O–H groups in total. The van der Waals surface area contributed by atoms with Gasteiger partial charge in [0.05, 0.1) is 19.2 Å². The molecule has 0 atom stereocenters. The quantitative estimate of drug-likeness (QED) is 0.397. The number of nitrogens with zero attached hydrogens (tertiary/aromatic N) is 4. The van der Waals surface area contributed by atoms with E-state index in [1.54, 1.807) is 7.11 Å².